The average molecular weight is 317 g/mol. The molecule has 2 rings (SSSR count). The summed E-state index contributed by atoms with van der Waals surface area (Å²) < 4.78 is 0.848. The van der Waals surface area contributed by atoms with Gasteiger partial charge in [-0.15, -0.1) is 0 Å². The topological polar surface area (TPSA) is 55.1 Å². The minimum atomic E-state index is -0.186. The maximum atomic E-state index is 11.8. The molecule has 19 heavy (non-hydrogen) atoms. The highest BCUT2D eigenvalue weighted by Gasteiger charge is 2.01. The third-order valence-corrected chi connectivity index (χ3v) is 3.16. The van der Waals surface area contributed by atoms with Crippen molar-refractivity contribution < 1.29 is 4.79 Å². The van der Waals surface area contributed by atoms with Gasteiger partial charge in [0.25, 0.3) is 0 Å². The van der Waals surface area contributed by atoms with E-state index in [-0.39, 0.29) is 5.91 Å². The molecule has 0 aliphatic heterocycles. The Morgan fingerprint density at radius 3 is 2.68 bits per heavy atom. The summed E-state index contributed by atoms with van der Waals surface area (Å²) in [5, 5.41) is 2.79. The molecule has 0 spiro atoms. The van der Waals surface area contributed by atoms with E-state index in [0.717, 1.165) is 15.7 Å². The number of hydrogen-bond acceptors (Lipinski definition) is 2. The first-order valence-electron chi connectivity index (χ1n) is 5.74. The predicted octanol–water partition coefficient (Wildman–Crippen LogP) is 3.68. The van der Waals surface area contributed by atoms with Crippen LogP contribution in [0.1, 0.15) is 5.56 Å². The molecule has 0 aliphatic carbocycles. The third kappa shape index (κ3) is 3.96. The summed E-state index contributed by atoms with van der Waals surface area (Å²) in [6.45, 7) is 0. The highest BCUT2D eigenvalue weighted by molar-refractivity contribution is 9.10. The molecule has 0 saturated heterocycles. The highest BCUT2D eigenvalue weighted by atomic mass is 79.9. The van der Waals surface area contributed by atoms with Crippen LogP contribution in [0.5, 0.6) is 0 Å². The van der Waals surface area contributed by atoms with Gasteiger partial charge in [0.05, 0.1) is 5.69 Å². The molecule has 0 aliphatic rings. The number of nitrogens with two attached hydrogens (primary N) is 1. The summed E-state index contributed by atoms with van der Waals surface area (Å²) in [6, 6.07) is 14.8. The number of benzene rings is 2. The van der Waals surface area contributed by atoms with Gasteiger partial charge in [0.2, 0.25) is 5.91 Å². The summed E-state index contributed by atoms with van der Waals surface area (Å²) in [7, 11) is 0. The van der Waals surface area contributed by atoms with Crippen molar-refractivity contribution in [3.63, 3.8) is 0 Å². The second-order valence-electron chi connectivity index (χ2n) is 3.97. The Bertz CT molecular complexity index is 623. The maximum Gasteiger partial charge on any atom is 0.248 e. The van der Waals surface area contributed by atoms with Gasteiger partial charge < -0.3 is 11.1 Å². The molecule has 3 N–H and O–H groups in total. The molecule has 0 atom stereocenters. The van der Waals surface area contributed by atoms with E-state index in [1.165, 1.54) is 6.08 Å². The molecule has 96 valence electrons. The fourth-order valence-corrected chi connectivity index (χ4v) is 1.96. The highest BCUT2D eigenvalue weighted by Crippen LogP contribution is 2.21. The number of halogens is 1. The van der Waals surface area contributed by atoms with E-state index in [2.05, 4.69) is 21.2 Å². The van der Waals surface area contributed by atoms with Crippen LogP contribution < -0.4 is 11.1 Å². The zero-order valence-electron chi connectivity index (χ0n) is 10.1. The molecule has 4 heteroatoms. The fourth-order valence-electron chi connectivity index (χ4n) is 1.57. The zero-order chi connectivity index (χ0) is 13.7. The number of anilines is 2. The average Bonchev–Trinajstić information content (AvgIpc) is 2.39. The molecule has 0 unspecified atom stereocenters. The Labute approximate surface area is 120 Å². The van der Waals surface area contributed by atoms with Crippen molar-refractivity contribution >= 4 is 39.3 Å². The smallest absolute Gasteiger partial charge is 0.248 e. The van der Waals surface area contributed by atoms with E-state index in [1.54, 1.807) is 12.1 Å². The van der Waals surface area contributed by atoms with E-state index in [0.29, 0.717) is 5.69 Å². The molecule has 0 fully saturated rings. The van der Waals surface area contributed by atoms with E-state index in [1.807, 2.05) is 42.5 Å². The zero-order valence-corrected chi connectivity index (χ0v) is 11.7. The number of hydrogen-bond donors (Lipinski definition) is 2. The van der Waals surface area contributed by atoms with Gasteiger partial charge in [-0.05, 0) is 51.8 Å². The minimum Gasteiger partial charge on any atom is -0.399 e. The van der Waals surface area contributed by atoms with Crippen LogP contribution >= 0.6 is 15.9 Å². The summed E-state index contributed by atoms with van der Waals surface area (Å²) >= 11 is 3.37. The van der Waals surface area contributed by atoms with Gasteiger partial charge in [0.15, 0.2) is 0 Å². The van der Waals surface area contributed by atoms with Crippen molar-refractivity contribution in [1.82, 2.24) is 0 Å². The molecular weight excluding hydrogens is 304 g/mol. The second kappa shape index (κ2) is 6.20. The number of carbonyl (C=O) groups is 1. The lowest BCUT2D eigenvalue weighted by molar-refractivity contribution is -0.111. The molecule has 3 nitrogen and oxygen atoms in total. The van der Waals surface area contributed by atoms with Crippen molar-refractivity contribution in [1.29, 1.82) is 0 Å². The summed E-state index contributed by atoms with van der Waals surface area (Å²) in [4.78, 5) is 11.8. The SMILES string of the molecule is Nc1cccc(/C=C/C(=O)Nc2ccccc2Br)c1. The van der Waals surface area contributed by atoms with Crippen LogP contribution in [0.15, 0.2) is 59.1 Å². The lowest BCUT2D eigenvalue weighted by atomic mass is 10.2. The number of nitrogens with one attached hydrogen (secondary N) is 1. The maximum absolute atomic E-state index is 11.8. The van der Waals surface area contributed by atoms with Crippen LogP contribution in [0, 0.1) is 0 Å². The first kappa shape index (κ1) is 13.4. The predicted molar refractivity (Wildman–Crippen MR) is 82.7 cm³/mol. The van der Waals surface area contributed by atoms with Gasteiger partial charge in [-0.1, -0.05) is 24.3 Å². The Balaban J connectivity index is 2.04. The molecule has 0 bridgehead atoms. The van der Waals surface area contributed by atoms with E-state index < -0.39 is 0 Å². The first-order valence-corrected chi connectivity index (χ1v) is 6.53. The molecule has 2 aromatic carbocycles. The molecule has 0 aromatic heterocycles. The van der Waals surface area contributed by atoms with Crippen LogP contribution in [-0.4, -0.2) is 5.91 Å². The Morgan fingerprint density at radius 1 is 1.16 bits per heavy atom. The van der Waals surface area contributed by atoms with Crippen molar-refractivity contribution in [2.45, 2.75) is 0 Å². The lowest BCUT2D eigenvalue weighted by Gasteiger charge is -2.04. The number of para-hydroxylation sites is 1. The molecule has 0 heterocycles. The van der Waals surface area contributed by atoms with Gasteiger partial charge in [-0.2, -0.15) is 0 Å². The summed E-state index contributed by atoms with van der Waals surface area (Å²) in [5.41, 5.74) is 7.97. The molecular formula is C15H13BrN2O. The van der Waals surface area contributed by atoms with E-state index in [9.17, 15) is 4.79 Å². The normalized spacial score (nSPS) is 10.6. The van der Waals surface area contributed by atoms with Crippen molar-refractivity contribution in [2.75, 3.05) is 11.1 Å². The van der Waals surface area contributed by atoms with Gasteiger partial charge in [-0.3, -0.25) is 4.79 Å². The van der Waals surface area contributed by atoms with Crippen LogP contribution in [0.4, 0.5) is 11.4 Å². The molecule has 0 saturated carbocycles. The summed E-state index contributed by atoms with van der Waals surface area (Å²) in [6.07, 6.45) is 3.21. The molecule has 0 radical (unpaired) electrons. The van der Waals surface area contributed by atoms with Gasteiger partial charge in [-0.25, -0.2) is 0 Å². The van der Waals surface area contributed by atoms with Crippen LogP contribution in [0.25, 0.3) is 6.08 Å². The second-order valence-corrected chi connectivity index (χ2v) is 4.83. The Kier molecular flexibility index (Phi) is 4.36. The standard InChI is InChI=1S/C15H13BrN2O/c16-13-6-1-2-7-14(13)18-15(19)9-8-11-4-3-5-12(17)10-11/h1-10H,17H2,(H,18,19)/b9-8+. The minimum absolute atomic E-state index is 0.186. The van der Waals surface area contributed by atoms with Crippen LogP contribution in [-0.2, 0) is 4.79 Å². The van der Waals surface area contributed by atoms with E-state index >= 15 is 0 Å². The lowest BCUT2D eigenvalue weighted by Crippen LogP contribution is -2.08. The number of nitrogen functional groups attached to an aromatic ring is 1. The third-order valence-electron chi connectivity index (χ3n) is 2.47. The van der Waals surface area contributed by atoms with E-state index in [4.69, 9.17) is 5.73 Å². The monoisotopic (exact) mass is 316 g/mol. The van der Waals surface area contributed by atoms with Crippen molar-refractivity contribution in [2.24, 2.45) is 0 Å². The molecule has 1 amide bonds. The Hall–Kier alpha value is -2.07. The fraction of sp³-hybridized carbons (Fsp3) is 0. The van der Waals surface area contributed by atoms with Crippen molar-refractivity contribution in [3.05, 3.63) is 64.6 Å². The largest absolute Gasteiger partial charge is 0.399 e. The molecule has 2 aromatic rings. The van der Waals surface area contributed by atoms with Gasteiger partial charge >= 0.3 is 0 Å². The first-order chi connectivity index (χ1) is 9.15. The Morgan fingerprint density at radius 2 is 1.95 bits per heavy atom. The van der Waals surface area contributed by atoms with Gasteiger partial charge in [0, 0.05) is 16.2 Å². The number of rotatable bonds is 3. The summed E-state index contributed by atoms with van der Waals surface area (Å²) in [5.74, 6) is -0.186. The van der Waals surface area contributed by atoms with Crippen molar-refractivity contribution in [3.8, 4) is 0 Å². The number of amides is 1. The van der Waals surface area contributed by atoms with Crippen LogP contribution in [0.2, 0.25) is 0 Å². The van der Waals surface area contributed by atoms with Crippen LogP contribution in [0.3, 0.4) is 0 Å². The number of carbonyl (C=O) groups excluding carboxylic acids is 1. The quantitative estimate of drug-likeness (QED) is 0.670. The van der Waals surface area contributed by atoms with Gasteiger partial charge in [0.1, 0.15) is 0 Å².